The number of anilines is 1. The van der Waals surface area contributed by atoms with Crippen LogP contribution >= 0.6 is 0 Å². The Bertz CT molecular complexity index is 1170. The maximum absolute atomic E-state index is 13.0. The van der Waals surface area contributed by atoms with E-state index in [9.17, 15) is 14.4 Å². The maximum atomic E-state index is 13.0. The monoisotopic (exact) mass is 432 g/mol. The Morgan fingerprint density at radius 2 is 1.91 bits per heavy atom. The first kappa shape index (κ1) is 21.1. The molecule has 162 valence electrons. The number of hydrogen-bond donors (Lipinski definition) is 0. The Balaban J connectivity index is 1.43. The van der Waals surface area contributed by atoms with Crippen molar-refractivity contribution < 1.29 is 18.3 Å². The number of nitriles is 1. The fourth-order valence-electron chi connectivity index (χ4n) is 3.48. The van der Waals surface area contributed by atoms with Gasteiger partial charge in [0.1, 0.15) is 17.6 Å². The zero-order valence-electron chi connectivity index (χ0n) is 17.5. The van der Waals surface area contributed by atoms with Gasteiger partial charge in [-0.1, -0.05) is 18.2 Å². The molecule has 7 nitrogen and oxygen atoms in total. The molecule has 2 aromatic carbocycles. The molecule has 32 heavy (non-hydrogen) atoms. The van der Waals surface area contributed by atoms with Gasteiger partial charge in [-0.05, 0) is 42.0 Å². The van der Waals surface area contributed by atoms with Crippen LogP contribution in [0.15, 0.2) is 52.9 Å². The smallest absolute Gasteiger partial charge is 0.254 e. The summed E-state index contributed by atoms with van der Waals surface area (Å²) in [4.78, 5) is 20.7. The van der Waals surface area contributed by atoms with Crippen molar-refractivity contribution in [3.63, 3.8) is 0 Å². The summed E-state index contributed by atoms with van der Waals surface area (Å²) in [6.07, 6.45) is 3.38. The predicted octanol–water partition coefficient (Wildman–Crippen LogP) is 3.83. The fourth-order valence-corrected chi connectivity index (χ4v) is 3.48. The zero-order valence-corrected chi connectivity index (χ0v) is 17.5. The topological polar surface area (TPSA) is 82.6 Å². The summed E-state index contributed by atoms with van der Waals surface area (Å²) in [5, 5.41) is 9.48. The number of ether oxygens (including phenoxy) is 1. The Morgan fingerprint density at radius 3 is 2.59 bits per heavy atom. The van der Waals surface area contributed by atoms with E-state index in [1.807, 2.05) is 4.90 Å². The number of amides is 1. The minimum Gasteiger partial charge on any atom is -0.497 e. The fraction of sp³-hybridized carbons (Fsp3) is 0.208. The summed E-state index contributed by atoms with van der Waals surface area (Å²) in [7, 11) is 1.57. The van der Waals surface area contributed by atoms with Crippen LogP contribution in [-0.4, -0.2) is 49.1 Å². The van der Waals surface area contributed by atoms with Gasteiger partial charge in [-0.3, -0.25) is 4.79 Å². The number of oxazole rings is 1. The Labute approximate surface area is 185 Å². The van der Waals surface area contributed by atoms with E-state index in [1.54, 1.807) is 60.6 Å². The first-order valence-corrected chi connectivity index (χ1v) is 10.1. The van der Waals surface area contributed by atoms with Crippen molar-refractivity contribution in [3.05, 3.63) is 77.1 Å². The summed E-state index contributed by atoms with van der Waals surface area (Å²) in [6.45, 7) is 2.01. The maximum Gasteiger partial charge on any atom is 0.254 e. The highest BCUT2D eigenvalue weighted by Crippen LogP contribution is 2.25. The van der Waals surface area contributed by atoms with E-state index in [1.165, 1.54) is 12.1 Å². The van der Waals surface area contributed by atoms with Gasteiger partial charge in [0.2, 0.25) is 17.5 Å². The molecule has 0 saturated carbocycles. The van der Waals surface area contributed by atoms with Crippen LogP contribution in [0.5, 0.6) is 5.75 Å². The molecular weight excluding hydrogens is 411 g/mol. The molecule has 0 atom stereocenters. The van der Waals surface area contributed by atoms with Crippen LogP contribution < -0.4 is 9.64 Å². The van der Waals surface area contributed by atoms with Gasteiger partial charge in [-0.2, -0.15) is 10.2 Å². The van der Waals surface area contributed by atoms with Crippen molar-refractivity contribution in [2.45, 2.75) is 0 Å². The first-order valence-electron chi connectivity index (χ1n) is 10.1. The third kappa shape index (κ3) is 4.62. The first-order chi connectivity index (χ1) is 15.6. The average Bonchev–Trinajstić information content (AvgIpc) is 3.27. The zero-order chi connectivity index (χ0) is 22.5. The van der Waals surface area contributed by atoms with Gasteiger partial charge in [0.05, 0.1) is 7.11 Å². The molecule has 4 rings (SSSR count). The number of nitrogens with zero attached hydrogens (tertiary/aromatic N) is 4. The number of aromatic nitrogens is 1. The van der Waals surface area contributed by atoms with Crippen LogP contribution in [-0.2, 0) is 0 Å². The molecule has 0 aliphatic carbocycles. The van der Waals surface area contributed by atoms with Crippen molar-refractivity contribution in [2.75, 3.05) is 38.2 Å². The van der Waals surface area contributed by atoms with E-state index < -0.39 is 0 Å². The van der Waals surface area contributed by atoms with Crippen LogP contribution in [0.25, 0.3) is 12.2 Å². The summed E-state index contributed by atoms with van der Waals surface area (Å²) < 4.78 is 24.0. The highest BCUT2D eigenvalue weighted by molar-refractivity contribution is 5.94. The molecule has 3 aromatic rings. The second-order valence-corrected chi connectivity index (χ2v) is 7.21. The SMILES string of the molecule is COc1cccc(C(=O)N2CCN(c3oc(C=Cc4ccc(F)cc4)nc3C#N)CC2)c1. The number of rotatable bonds is 5. The van der Waals surface area contributed by atoms with E-state index in [2.05, 4.69) is 11.1 Å². The molecule has 0 N–H and O–H groups in total. The Morgan fingerprint density at radius 1 is 1.16 bits per heavy atom. The van der Waals surface area contributed by atoms with Crippen LogP contribution in [0.2, 0.25) is 0 Å². The minimum absolute atomic E-state index is 0.0652. The molecule has 1 aliphatic rings. The highest BCUT2D eigenvalue weighted by atomic mass is 19.1. The minimum atomic E-state index is -0.309. The number of hydrogen-bond acceptors (Lipinski definition) is 6. The van der Waals surface area contributed by atoms with Crippen LogP contribution in [0.3, 0.4) is 0 Å². The summed E-state index contributed by atoms with van der Waals surface area (Å²) in [5.41, 5.74) is 1.55. The van der Waals surface area contributed by atoms with Crippen molar-refractivity contribution in [3.8, 4) is 11.8 Å². The van der Waals surface area contributed by atoms with Crippen molar-refractivity contribution in [1.82, 2.24) is 9.88 Å². The number of halogens is 1. The van der Waals surface area contributed by atoms with E-state index in [0.29, 0.717) is 43.4 Å². The van der Waals surface area contributed by atoms with Crippen molar-refractivity contribution in [1.29, 1.82) is 5.26 Å². The van der Waals surface area contributed by atoms with Gasteiger partial charge in [0.25, 0.3) is 5.91 Å². The molecule has 1 aromatic heterocycles. The molecule has 0 spiro atoms. The molecule has 0 unspecified atom stereocenters. The number of piperazine rings is 1. The van der Waals surface area contributed by atoms with Gasteiger partial charge in [0.15, 0.2) is 0 Å². The van der Waals surface area contributed by atoms with E-state index in [-0.39, 0.29) is 23.3 Å². The van der Waals surface area contributed by atoms with E-state index in [4.69, 9.17) is 9.15 Å². The van der Waals surface area contributed by atoms with E-state index >= 15 is 0 Å². The molecule has 0 radical (unpaired) electrons. The van der Waals surface area contributed by atoms with Gasteiger partial charge in [-0.25, -0.2) is 4.39 Å². The standard InChI is InChI=1S/C24H21FN4O3/c1-31-20-4-2-3-18(15-20)23(30)28-11-13-29(14-12-28)24-21(16-26)27-22(32-24)10-7-17-5-8-19(25)9-6-17/h2-10,15H,11-14H2,1H3. The summed E-state index contributed by atoms with van der Waals surface area (Å²) >= 11 is 0. The third-order valence-corrected chi connectivity index (χ3v) is 5.19. The van der Waals surface area contributed by atoms with E-state index in [0.717, 1.165) is 5.56 Å². The van der Waals surface area contributed by atoms with Crippen molar-refractivity contribution >= 4 is 23.9 Å². The van der Waals surface area contributed by atoms with Crippen LogP contribution in [0.1, 0.15) is 27.5 Å². The summed E-state index contributed by atoms with van der Waals surface area (Å²) in [6, 6.07) is 15.2. The van der Waals surface area contributed by atoms with Crippen LogP contribution in [0, 0.1) is 17.1 Å². The lowest BCUT2D eigenvalue weighted by atomic mass is 10.1. The Hall–Kier alpha value is -4.12. The lowest BCUT2D eigenvalue weighted by Gasteiger charge is -2.34. The van der Waals surface area contributed by atoms with Gasteiger partial charge >= 0.3 is 0 Å². The molecule has 2 heterocycles. The summed E-state index contributed by atoms with van der Waals surface area (Å²) in [5.74, 6) is 0.937. The normalized spacial score (nSPS) is 13.9. The van der Waals surface area contributed by atoms with Gasteiger partial charge in [0, 0.05) is 37.8 Å². The molecule has 8 heteroatoms. The lowest BCUT2D eigenvalue weighted by molar-refractivity contribution is 0.0745. The molecule has 1 aliphatic heterocycles. The van der Waals surface area contributed by atoms with Gasteiger partial charge < -0.3 is 19.0 Å². The lowest BCUT2D eigenvalue weighted by Crippen LogP contribution is -2.48. The predicted molar refractivity (Wildman–Crippen MR) is 118 cm³/mol. The second-order valence-electron chi connectivity index (χ2n) is 7.21. The number of carbonyl (C=O) groups excluding carboxylic acids is 1. The second kappa shape index (κ2) is 9.35. The Kier molecular flexibility index (Phi) is 6.17. The van der Waals surface area contributed by atoms with Crippen LogP contribution in [0.4, 0.5) is 10.3 Å². The molecule has 1 fully saturated rings. The largest absolute Gasteiger partial charge is 0.497 e. The molecule has 1 saturated heterocycles. The number of methoxy groups -OCH3 is 1. The number of benzene rings is 2. The van der Waals surface area contributed by atoms with Crippen molar-refractivity contribution in [2.24, 2.45) is 0 Å². The average molecular weight is 432 g/mol. The van der Waals surface area contributed by atoms with Gasteiger partial charge in [-0.15, -0.1) is 0 Å². The number of carbonyl (C=O) groups is 1. The quantitative estimate of drug-likeness (QED) is 0.610. The molecule has 0 bridgehead atoms. The third-order valence-electron chi connectivity index (χ3n) is 5.19. The molecular formula is C24H21FN4O3. The highest BCUT2D eigenvalue weighted by Gasteiger charge is 2.26. The molecule has 1 amide bonds.